The summed E-state index contributed by atoms with van der Waals surface area (Å²) in [6.45, 7) is 9.10. The number of hydrogen-bond donors (Lipinski definition) is 0. The normalized spacial score (nSPS) is 14.7. The van der Waals surface area contributed by atoms with Gasteiger partial charge in [0, 0.05) is 43.7 Å². The monoisotopic (exact) mass is 605 g/mol. The van der Waals surface area contributed by atoms with Crippen molar-refractivity contribution in [3.05, 3.63) is 135 Å². The van der Waals surface area contributed by atoms with Crippen molar-refractivity contribution in [1.29, 1.82) is 0 Å². The van der Waals surface area contributed by atoms with E-state index in [1.54, 1.807) is 62.4 Å². The number of alkyl halides is 6. The van der Waals surface area contributed by atoms with Gasteiger partial charge in [-0.05, 0) is 61.1 Å². The molecule has 0 bridgehead atoms. The smallest absolute Gasteiger partial charge is 0.258 e. The lowest BCUT2D eigenvalue weighted by molar-refractivity contribution is 0.0160. The lowest BCUT2D eigenvalue weighted by atomic mass is 9.65. The summed E-state index contributed by atoms with van der Waals surface area (Å²) in [5, 5.41) is -0.157. The molecule has 1 nitrogen and oxygen atoms in total. The largest absolute Gasteiger partial charge is 0.272 e. The van der Waals surface area contributed by atoms with Crippen LogP contribution >= 0.6 is 11.6 Å². The van der Waals surface area contributed by atoms with Crippen molar-refractivity contribution < 1.29 is 26.3 Å². The Kier molecular flexibility index (Phi) is 9.88. The second-order valence-electron chi connectivity index (χ2n) is 10.8. The van der Waals surface area contributed by atoms with Gasteiger partial charge in [0.05, 0.1) is 16.1 Å². The highest BCUT2D eigenvalue weighted by Gasteiger charge is 2.43. The summed E-state index contributed by atoms with van der Waals surface area (Å²) in [5.41, 5.74) is -1.04. The van der Waals surface area contributed by atoms with Gasteiger partial charge in [-0.3, -0.25) is 4.98 Å². The standard InChI is InChI=1S/C34H34ClF6N/c1-7-8-14-25(17-23(3)31(4,36)37)34(20-24-12-10-9-11-13-24,26-16-15-22(2)28(18-26)33(6,40)41)30-29(35)19-27(21-42-30)32(5,38)39/h7-13,15-19,21H,3,14,20H2,1-2,4-6H3/b8-7-,25-17+. The lowest BCUT2D eigenvalue weighted by Crippen LogP contribution is -2.36. The van der Waals surface area contributed by atoms with Crippen molar-refractivity contribution in [2.75, 3.05) is 0 Å². The van der Waals surface area contributed by atoms with Gasteiger partial charge in [0.2, 0.25) is 0 Å². The minimum atomic E-state index is -3.31. The Morgan fingerprint density at radius 3 is 2.07 bits per heavy atom. The number of hydrogen-bond acceptors (Lipinski definition) is 1. The fourth-order valence-electron chi connectivity index (χ4n) is 4.97. The van der Waals surface area contributed by atoms with E-state index in [4.69, 9.17) is 11.6 Å². The molecule has 1 atom stereocenters. The van der Waals surface area contributed by atoms with Crippen LogP contribution in [0.5, 0.6) is 0 Å². The zero-order chi connectivity index (χ0) is 31.5. The summed E-state index contributed by atoms with van der Waals surface area (Å²) >= 11 is 6.74. The Morgan fingerprint density at radius 1 is 0.905 bits per heavy atom. The average molecular weight is 606 g/mol. The van der Waals surface area contributed by atoms with Crippen molar-refractivity contribution in [2.24, 2.45) is 0 Å². The highest BCUT2D eigenvalue weighted by Crippen LogP contribution is 2.48. The molecule has 1 aromatic heterocycles. The summed E-state index contributed by atoms with van der Waals surface area (Å²) in [7, 11) is 0. The number of halogens is 7. The van der Waals surface area contributed by atoms with E-state index < -0.39 is 34.3 Å². The van der Waals surface area contributed by atoms with Crippen LogP contribution in [0.4, 0.5) is 26.3 Å². The number of pyridine rings is 1. The molecule has 3 rings (SSSR count). The first-order valence-corrected chi connectivity index (χ1v) is 13.8. The van der Waals surface area contributed by atoms with Crippen LogP contribution in [0.3, 0.4) is 0 Å². The van der Waals surface area contributed by atoms with Gasteiger partial charge in [-0.1, -0.05) is 78.9 Å². The molecule has 1 heterocycles. The number of benzene rings is 2. The van der Waals surface area contributed by atoms with Crippen LogP contribution in [-0.2, 0) is 23.7 Å². The third-order valence-corrected chi connectivity index (χ3v) is 7.59. The number of allylic oxidation sites excluding steroid dienone is 5. The molecule has 0 amide bonds. The zero-order valence-corrected chi connectivity index (χ0v) is 25.0. The van der Waals surface area contributed by atoms with Crippen LogP contribution in [-0.4, -0.2) is 10.9 Å². The summed E-state index contributed by atoms with van der Waals surface area (Å²) in [4.78, 5) is 4.42. The summed E-state index contributed by atoms with van der Waals surface area (Å²) in [5.74, 6) is -9.81. The maximum absolute atomic E-state index is 14.9. The topological polar surface area (TPSA) is 12.9 Å². The van der Waals surface area contributed by atoms with Gasteiger partial charge in [-0.2, -0.15) is 0 Å². The first-order valence-electron chi connectivity index (χ1n) is 13.4. The Balaban J connectivity index is 2.59. The van der Waals surface area contributed by atoms with E-state index in [0.717, 1.165) is 19.2 Å². The van der Waals surface area contributed by atoms with E-state index in [2.05, 4.69) is 11.6 Å². The van der Waals surface area contributed by atoms with Crippen LogP contribution in [0.1, 0.15) is 67.6 Å². The van der Waals surface area contributed by atoms with Crippen LogP contribution in [0.15, 0.2) is 96.7 Å². The predicted molar refractivity (Wildman–Crippen MR) is 158 cm³/mol. The van der Waals surface area contributed by atoms with Crippen molar-refractivity contribution >= 4 is 11.6 Å². The minimum absolute atomic E-state index is 0.0478. The first-order chi connectivity index (χ1) is 19.4. The zero-order valence-electron chi connectivity index (χ0n) is 24.2. The molecule has 2 aromatic carbocycles. The third kappa shape index (κ3) is 7.35. The van der Waals surface area contributed by atoms with Gasteiger partial charge in [0.25, 0.3) is 17.8 Å². The predicted octanol–water partition coefficient (Wildman–Crippen LogP) is 10.9. The fourth-order valence-corrected chi connectivity index (χ4v) is 5.29. The van der Waals surface area contributed by atoms with Gasteiger partial charge in [-0.25, -0.2) is 26.3 Å². The molecule has 0 spiro atoms. The molecular formula is C34H34ClF6N. The van der Waals surface area contributed by atoms with E-state index in [-0.39, 0.29) is 29.1 Å². The van der Waals surface area contributed by atoms with Crippen LogP contribution in [0.2, 0.25) is 5.02 Å². The average Bonchev–Trinajstić information content (AvgIpc) is 2.89. The summed E-state index contributed by atoms with van der Waals surface area (Å²) in [6, 6.07) is 14.5. The molecule has 0 aliphatic carbocycles. The molecule has 42 heavy (non-hydrogen) atoms. The second-order valence-corrected chi connectivity index (χ2v) is 11.2. The van der Waals surface area contributed by atoms with E-state index in [1.807, 2.05) is 0 Å². The molecule has 1 unspecified atom stereocenters. The maximum atomic E-state index is 14.9. The first kappa shape index (κ1) is 33.2. The van der Waals surface area contributed by atoms with E-state index >= 15 is 0 Å². The fraction of sp³-hybridized carbons (Fsp3) is 0.324. The van der Waals surface area contributed by atoms with Gasteiger partial charge in [0.15, 0.2) is 0 Å². The van der Waals surface area contributed by atoms with Gasteiger partial charge >= 0.3 is 0 Å². The Morgan fingerprint density at radius 2 is 1.55 bits per heavy atom. The molecule has 3 aromatic rings. The van der Waals surface area contributed by atoms with Crippen molar-refractivity contribution in [1.82, 2.24) is 4.98 Å². The van der Waals surface area contributed by atoms with Crippen LogP contribution < -0.4 is 0 Å². The van der Waals surface area contributed by atoms with Crippen molar-refractivity contribution in [3.8, 4) is 0 Å². The third-order valence-electron chi connectivity index (χ3n) is 7.30. The molecule has 0 aliphatic heterocycles. The molecule has 0 saturated carbocycles. The number of aromatic nitrogens is 1. The highest BCUT2D eigenvalue weighted by molar-refractivity contribution is 6.31. The summed E-state index contributed by atoms with van der Waals surface area (Å²) < 4.78 is 87.5. The molecule has 0 radical (unpaired) electrons. The molecule has 0 saturated heterocycles. The van der Waals surface area contributed by atoms with Crippen molar-refractivity contribution in [2.45, 2.75) is 70.6 Å². The molecule has 0 aliphatic rings. The minimum Gasteiger partial charge on any atom is -0.258 e. The lowest BCUT2D eigenvalue weighted by Gasteiger charge is -2.39. The molecule has 0 fully saturated rings. The molecular weight excluding hydrogens is 572 g/mol. The van der Waals surface area contributed by atoms with E-state index in [1.165, 1.54) is 18.2 Å². The quantitative estimate of drug-likeness (QED) is 0.120. The van der Waals surface area contributed by atoms with Gasteiger partial charge in [-0.15, -0.1) is 0 Å². The van der Waals surface area contributed by atoms with Crippen LogP contribution in [0, 0.1) is 6.92 Å². The number of rotatable bonds is 11. The maximum Gasteiger partial charge on any atom is 0.272 e. The SMILES string of the molecule is C=C(/C=C(\C/C=C\C)C(Cc1ccccc1)(c1ccc(C)c(C(C)(F)F)c1)c1ncc(C(C)(F)F)cc1Cl)C(C)(F)F. The van der Waals surface area contributed by atoms with Gasteiger partial charge in [0.1, 0.15) is 0 Å². The molecule has 224 valence electrons. The van der Waals surface area contributed by atoms with E-state index in [0.29, 0.717) is 36.1 Å². The van der Waals surface area contributed by atoms with Crippen molar-refractivity contribution in [3.63, 3.8) is 0 Å². The second kappa shape index (κ2) is 12.5. The Labute approximate surface area is 248 Å². The molecule has 8 heteroatoms. The highest BCUT2D eigenvalue weighted by atomic mass is 35.5. The number of nitrogens with zero attached hydrogens (tertiary/aromatic N) is 1. The Hall–Kier alpha value is -3.32. The molecule has 0 N–H and O–H groups in total. The number of aryl methyl sites for hydroxylation is 1. The van der Waals surface area contributed by atoms with Crippen LogP contribution in [0.25, 0.3) is 0 Å². The Bertz CT molecular complexity index is 1480. The van der Waals surface area contributed by atoms with E-state index in [9.17, 15) is 26.3 Å². The summed E-state index contributed by atoms with van der Waals surface area (Å²) in [6.07, 6.45) is 5.83. The van der Waals surface area contributed by atoms with Gasteiger partial charge < -0.3 is 0 Å².